The molecule has 2 aliphatic heterocycles. The fourth-order valence-corrected chi connectivity index (χ4v) is 10.8. The van der Waals surface area contributed by atoms with Gasteiger partial charge in [-0.15, -0.1) is 15.7 Å². The van der Waals surface area contributed by atoms with E-state index in [-0.39, 0.29) is 75.4 Å². The van der Waals surface area contributed by atoms with E-state index in [1.165, 1.54) is 12.1 Å². The van der Waals surface area contributed by atoms with E-state index in [1.54, 1.807) is 22.4 Å². The molecule has 1 aromatic carbocycles. The van der Waals surface area contributed by atoms with Crippen LogP contribution < -0.4 is 5.32 Å². The molecule has 6 atom stereocenters. The Morgan fingerprint density at radius 2 is 1.85 bits per heavy atom. The van der Waals surface area contributed by atoms with E-state index < -0.39 is 25.8 Å². The highest BCUT2D eigenvalue weighted by Crippen LogP contribution is 2.67. The van der Waals surface area contributed by atoms with Crippen LogP contribution in [0.3, 0.4) is 0 Å². The highest BCUT2D eigenvalue weighted by Gasteiger charge is 2.65. The van der Waals surface area contributed by atoms with Gasteiger partial charge < -0.3 is 15.3 Å². The summed E-state index contributed by atoms with van der Waals surface area (Å²) in [7, 11) is -7.60. The van der Waals surface area contributed by atoms with Gasteiger partial charge in [-0.05, 0) is 78.0 Å². The standard InChI is InChI=1S/C27H28FN3O6S3/c1-39(34,35)9-8-14-12-38-26-24(14)40(36,37)30-25(29-26)21-23(32)20-16-6-7-17(19-10-18(16)19)22(20)31(27(21)33)11-13-2-4-15(28)5-3-13/h2-5,12,16-20,22,32H,6-11H2,1H3,(H,29,30). The minimum Gasteiger partial charge on any atom is -0.511 e. The van der Waals surface area contributed by atoms with Gasteiger partial charge in [-0.25, -0.2) is 12.8 Å². The summed E-state index contributed by atoms with van der Waals surface area (Å²) in [5.74, 6) is -0.275. The summed E-state index contributed by atoms with van der Waals surface area (Å²) in [6.45, 7) is 0.206. The molecule has 2 aromatic rings. The summed E-state index contributed by atoms with van der Waals surface area (Å²) >= 11 is 1.09. The number of nitrogens with one attached hydrogen (secondary N) is 1. The van der Waals surface area contributed by atoms with Crippen LogP contribution in [0.4, 0.5) is 9.39 Å². The van der Waals surface area contributed by atoms with Crippen molar-refractivity contribution in [3.05, 3.63) is 57.9 Å². The highest BCUT2D eigenvalue weighted by atomic mass is 32.2. The number of anilines is 1. The number of amides is 1. The number of fused-ring (bicyclic) bond motifs is 2. The van der Waals surface area contributed by atoms with Crippen molar-refractivity contribution in [2.24, 2.45) is 34.0 Å². The molecule has 13 heteroatoms. The number of aliphatic hydroxyl groups excluding tert-OH is 1. The number of halogens is 1. The number of thiophene rings is 1. The van der Waals surface area contributed by atoms with Gasteiger partial charge in [0.05, 0.1) is 5.75 Å². The fourth-order valence-electron chi connectivity index (χ4n) is 7.58. The first-order chi connectivity index (χ1) is 18.9. The van der Waals surface area contributed by atoms with Gasteiger partial charge in [0, 0.05) is 24.8 Å². The minimum atomic E-state index is -4.28. The van der Waals surface area contributed by atoms with Crippen LogP contribution in [-0.2, 0) is 37.6 Å². The Labute approximate surface area is 235 Å². The van der Waals surface area contributed by atoms with E-state index in [9.17, 15) is 31.1 Å². The largest absolute Gasteiger partial charge is 0.511 e. The van der Waals surface area contributed by atoms with Gasteiger partial charge in [0.25, 0.3) is 15.9 Å². The van der Waals surface area contributed by atoms with E-state index in [0.29, 0.717) is 17.4 Å². The van der Waals surface area contributed by atoms with E-state index in [2.05, 4.69) is 9.71 Å². The normalized spacial score (nSPS) is 31.7. The van der Waals surface area contributed by atoms with Gasteiger partial charge in [-0.2, -0.15) is 8.42 Å². The maximum absolute atomic E-state index is 14.2. The second-order valence-corrected chi connectivity index (χ2v) is 16.3. The number of amidine groups is 1. The number of aryl methyl sites for hydroxylation is 1. The van der Waals surface area contributed by atoms with Gasteiger partial charge in [-0.3, -0.25) is 4.79 Å². The molecule has 4 saturated carbocycles. The summed E-state index contributed by atoms with van der Waals surface area (Å²) in [5.41, 5.74) is 0.940. The first kappa shape index (κ1) is 26.1. The monoisotopic (exact) mass is 605 g/mol. The third-order valence-corrected chi connectivity index (χ3v) is 12.7. The lowest BCUT2D eigenvalue weighted by Crippen LogP contribution is -2.60. The zero-order valence-corrected chi connectivity index (χ0v) is 24.0. The molecule has 0 spiro atoms. The van der Waals surface area contributed by atoms with Gasteiger partial charge in [0.15, 0.2) is 5.84 Å². The van der Waals surface area contributed by atoms with Crippen LogP contribution >= 0.6 is 11.3 Å². The highest BCUT2D eigenvalue weighted by molar-refractivity contribution is 7.91. The average molecular weight is 606 g/mol. The summed E-state index contributed by atoms with van der Waals surface area (Å²) in [6, 6.07) is 5.74. The Hall–Kier alpha value is -2.77. The van der Waals surface area contributed by atoms with Crippen LogP contribution in [0.5, 0.6) is 0 Å². The molecule has 4 aliphatic carbocycles. The number of carbonyl (C=O) groups excluding carboxylic acids is 1. The summed E-state index contributed by atoms with van der Waals surface area (Å²) in [5, 5.41) is 16.5. The first-order valence-corrected chi connectivity index (χ1v) is 17.7. The fraction of sp³-hybridized carbons (Fsp3) is 0.481. The number of benzene rings is 1. The molecule has 8 rings (SSSR count). The van der Waals surface area contributed by atoms with Crippen LogP contribution in [-0.4, -0.2) is 56.6 Å². The first-order valence-electron chi connectivity index (χ1n) is 13.3. The number of sulfonamides is 1. The van der Waals surface area contributed by atoms with E-state index in [1.807, 2.05) is 0 Å². The second kappa shape index (κ2) is 8.86. The zero-order valence-electron chi connectivity index (χ0n) is 21.6. The van der Waals surface area contributed by atoms with Crippen molar-refractivity contribution < 1.29 is 31.1 Å². The van der Waals surface area contributed by atoms with Crippen LogP contribution in [0, 0.1) is 35.4 Å². The number of rotatable bonds is 6. The van der Waals surface area contributed by atoms with Gasteiger partial charge >= 0.3 is 0 Å². The average Bonchev–Trinajstić information content (AvgIpc) is 3.61. The van der Waals surface area contributed by atoms with Gasteiger partial charge in [-0.1, -0.05) is 12.1 Å². The molecule has 4 fully saturated rings. The lowest BCUT2D eigenvalue weighted by Gasteiger charge is -2.54. The minimum absolute atomic E-state index is 0.0180. The van der Waals surface area contributed by atoms with Crippen molar-refractivity contribution in [2.75, 3.05) is 17.3 Å². The Kier molecular flexibility index (Phi) is 5.79. The number of nitrogens with zero attached hydrogens (tertiary/aromatic N) is 2. The Morgan fingerprint density at radius 3 is 2.58 bits per heavy atom. The molecule has 2 N–H and O–H groups in total. The van der Waals surface area contributed by atoms with E-state index in [0.717, 1.165) is 42.4 Å². The van der Waals surface area contributed by atoms with E-state index >= 15 is 0 Å². The third-order valence-electron chi connectivity index (χ3n) is 9.26. The molecule has 9 nitrogen and oxygen atoms in total. The van der Waals surface area contributed by atoms with Crippen molar-refractivity contribution in [1.82, 2.24) is 4.90 Å². The Bertz CT molecular complexity index is 1710. The van der Waals surface area contributed by atoms with Crippen molar-refractivity contribution in [1.29, 1.82) is 0 Å². The SMILES string of the molecule is CS(=O)(=O)CCc1csc2c1S(=O)(=O)N=C(C1=C(O)C3C4CCC(C5CC54)C3N(Cc3ccc(F)cc3)C1=O)N2. The molecular formula is C27H28FN3O6S3. The maximum atomic E-state index is 14.2. The molecule has 3 heterocycles. The molecule has 2 bridgehead atoms. The number of hydrogen-bond donors (Lipinski definition) is 2. The van der Waals surface area contributed by atoms with Crippen molar-refractivity contribution in [3.63, 3.8) is 0 Å². The van der Waals surface area contributed by atoms with Crippen molar-refractivity contribution in [3.8, 4) is 0 Å². The van der Waals surface area contributed by atoms with Crippen LogP contribution in [0.25, 0.3) is 0 Å². The van der Waals surface area contributed by atoms with Gasteiger partial charge in [0.1, 0.15) is 36.9 Å². The van der Waals surface area contributed by atoms with Crippen molar-refractivity contribution in [2.45, 2.75) is 43.2 Å². The smallest absolute Gasteiger partial charge is 0.287 e. The maximum Gasteiger partial charge on any atom is 0.287 e. The third kappa shape index (κ3) is 4.11. The second-order valence-electron chi connectivity index (χ2n) is 11.6. The zero-order chi connectivity index (χ0) is 28.1. The molecule has 1 amide bonds. The molecule has 0 radical (unpaired) electrons. The van der Waals surface area contributed by atoms with Crippen LogP contribution in [0.1, 0.15) is 30.4 Å². The van der Waals surface area contributed by atoms with Crippen LogP contribution in [0.15, 0.2) is 50.3 Å². The van der Waals surface area contributed by atoms with Gasteiger partial charge in [0.2, 0.25) is 0 Å². The molecule has 6 aliphatic rings. The summed E-state index contributed by atoms with van der Waals surface area (Å²) in [4.78, 5) is 15.8. The molecule has 0 saturated heterocycles. The van der Waals surface area contributed by atoms with Crippen LogP contribution in [0.2, 0.25) is 0 Å². The molecule has 1 aromatic heterocycles. The number of aliphatic hydroxyl groups is 1. The lowest BCUT2D eigenvalue weighted by molar-refractivity contribution is -0.140. The summed E-state index contributed by atoms with van der Waals surface area (Å²) in [6.07, 6.45) is 4.10. The molecular weight excluding hydrogens is 578 g/mol. The number of hydrogen-bond acceptors (Lipinski definition) is 8. The predicted octanol–water partition coefficient (Wildman–Crippen LogP) is 3.50. The number of sulfone groups is 1. The quantitative estimate of drug-likeness (QED) is 0.515. The molecule has 6 unspecified atom stereocenters. The molecule has 40 heavy (non-hydrogen) atoms. The lowest BCUT2D eigenvalue weighted by atomic mass is 9.59. The molecule has 212 valence electrons. The van der Waals surface area contributed by atoms with E-state index in [4.69, 9.17) is 0 Å². The summed E-state index contributed by atoms with van der Waals surface area (Å²) < 4.78 is 67.7. The Balaban J connectivity index is 1.29. The topological polar surface area (TPSA) is 133 Å². The van der Waals surface area contributed by atoms with Crippen molar-refractivity contribution >= 4 is 47.9 Å². The Morgan fingerprint density at radius 1 is 1.15 bits per heavy atom. The number of carbonyl (C=O) groups is 1. The predicted molar refractivity (Wildman–Crippen MR) is 148 cm³/mol.